The molecule has 0 bridgehead atoms. The third-order valence-corrected chi connectivity index (χ3v) is 7.45. The van der Waals surface area contributed by atoms with Crippen LogP contribution < -0.4 is 5.73 Å². The van der Waals surface area contributed by atoms with Gasteiger partial charge in [0.05, 0.1) is 40.3 Å². The van der Waals surface area contributed by atoms with Crippen molar-refractivity contribution in [3.05, 3.63) is 155 Å². The summed E-state index contributed by atoms with van der Waals surface area (Å²) in [5.74, 6) is 0. The standard InChI is InChI=1S/C32H22N4/c33-21-28-29(36)30(22-34,23-35)32(26-17-9-3-10-18-26,27-19-11-4-12-20-27)31(28,24-13-5-1-6-14-24)25-15-7-2-8-16-25/h1-20H,36H2. The number of allylic oxidation sites excluding steroid dienone is 2. The van der Waals surface area contributed by atoms with Crippen molar-refractivity contribution in [2.24, 2.45) is 11.1 Å². The Kier molecular flexibility index (Phi) is 5.41. The van der Waals surface area contributed by atoms with E-state index in [4.69, 9.17) is 5.73 Å². The Bertz CT molecular complexity index is 1460. The van der Waals surface area contributed by atoms with Crippen molar-refractivity contribution in [2.75, 3.05) is 0 Å². The largest absolute Gasteiger partial charge is 0.399 e. The summed E-state index contributed by atoms with van der Waals surface area (Å²) in [4.78, 5) is 0. The molecule has 0 aromatic heterocycles. The fourth-order valence-corrected chi connectivity index (χ4v) is 6.19. The molecule has 0 heterocycles. The van der Waals surface area contributed by atoms with Crippen molar-refractivity contribution >= 4 is 0 Å². The van der Waals surface area contributed by atoms with Crippen LogP contribution in [0.1, 0.15) is 22.3 Å². The number of rotatable bonds is 4. The summed E-state index contributed by atoms with van der Waals surface area (Å²) >= 11 is 0. The van der Waals surface area contributed by atoms with Gasteiger partial charge in [0.2, 0.25) is 0 Å². The van der Waals surface area contributed by atoms with Gasteiger partial charge in [-0.25, -0.2) is 0 Å². The number of nitriles is 3. The molecule has 0 atom stereocenters. The monoisotopic (exact) mass is 462 g/mol. The van der Waals surface area contributed by atoms with E-state index in [1.54, 1.807) is 0 Å². The zero-order chi connectivity index (χ0) is 25.2. The summed E-state index contributed by atoms with van der Waals surface area (Å²) in [5.41, 5.74) is 5.44. The quantitative estimate of drug-likeness (QED) is 0.418. The first-order valence-electron chi connectivity index (χ1n) is 11.6. The molecule has 0 unspecified atom stereocenters. The number of nitrogens with two attached hydrogens (primary N) is 1. The van der Waals surface area contributed by atoms with Crippen molar-refractivity contribution in [3.63, 3.8) is 0 Å². The topological polar surface area (TPSA) is 97.4 Å². The molecule has 170 valence electrons. The first-order chi connectivity index (χ1) is 17.6. The van der Waals surface area contributed by atoms with E-state index in [9.17, 15) is 15.8 Å². The molecule has 0 saturated carbocycles. The number of nitrogens with zero attached hydrogens (tertiary/aromatic N) is 3. The average molecular weight is 463 g/mol. The highest BCUT2D eigenvalue weighted by Gasteiger charge is 2.75. The molecule has 4 heteroatoms. The molecule has 0 fully saturated rings. The van der Waals surface area contributed by atoms with Crippen LogP contribution in [-0.2, 0) is 10.8 Å². The minimum atomic E-state index is -1.88. The molecular weight excluding hydrogens is 440 g/mol. The van der Waals surface area contributed by atoms with E-state index in [1.165, 1.54) is 0 Å². The maximum atomic E-state index is 10.9. The smallest absolute Gasteiger partial charge is 0.198 e. The summed E-state index contributed by atoms with van der Waals surface area (Å²) in [6, 6.07) is 45.3. The van der Waals surface area contributed by atoms with Crippen LogP contribution in [0.4, 0.5) is 0 Å². The van der Waals surface area contributed by atoms with Gasteiger partial charge in [-0.15, -0.1) is 0 Å². The maximum Gasteiger partial charge on any atom is 0.198 e. The van der Waals surface area contributed by atoms with Crippen LogP contribution in [-0.4, -0.2) is 0 Å². The van der Waals surface area contributed by atoms with Crippen LogP contribution in [0.25, 0.3) is 0 Å². The Morgan fingerprint density at radius 2 is 0.833 bits per heavy atom. The number of hydrogen-bond acceptors (Lipinski definition) is 4. The van der Waals surface area contributed by atoms with E-state index < -0.39 is 16.2 Å². The Hall–Kier alpha value is -5.11. The van der Waals surface area contributed by atoms with Gasteiger partial charge in [0, 0.05) is 0 Å². The van der Waals surface area contributed by atoms with Gasteiger partial charge in [-0.3, -0.25) is 0 Å². The number of hydrogen-bond donors (Lipinski definition) is 1. The summed E-state index contributed by atoms with van der Waals surface area (Å²) in [5, 5.41) is 32.5. The van der Waals surface area contributed by atoms with Gasteiger partial charge in [-0.2, -0.15) is 15.8 Å². The normalized spacial score (nSPS) is 16.9. The van der Waals surface area contributed by atoms with Crippen LogP contribution in [0, 0.1) is 39.4 Å². The average Bonchev–Trinajstić information content (AvgIpc) is 3.17. The first kappa shape index (κ1) is 22.7. The molecule has 36 heavy (non-hydrogen) atoms. The number of benzene rings is 4. The van der Waals surface area contributed by atoms with E-state index in [0.717, 1.165) is 22.3 Å². The zero-order valence-corrected chi connectivity index (χ0v) is 19.5. The minimum Gasteiger partial charge on any atom is -0.399 e. The van der Waals surface area contributed by atoms with Gasteiger partial charge in [0.1, 0.15) is 0 Å². The third kappa shape index (κ3) is 2.60. The summed E-state index contributed by atoms with van der Waals surface area (Å²) in [6.07, 6.45) is 0. The highest BCUT2D eigenvalue weighted by Crippen LogP contribution is 2.70. The Balaban J connectivity index is 2.17. The van der Waals surface area contributed by atoms with Crippen LogP contribution >= 0.6 is 0 Å². The second-order valence-electron chi connectivity index (χ2n) is 8.84. The third-order valence-electron chi connectivity index (χ3n) is 7.45. The van der Waals surface area contributed by atoms with Gasteiger partial charge in [-0.05, 0) is 22.3 Å². The van der Waals surface area contributed by atoms with E-state index in [1.807, 2.05) is 121 Å². The lowest BCUT2D eigenvalue weighted by Crippen LogP contribution is -2.57. The molecule has 2 N–H and O–H groups in total. The Morgan fingerprint density at radius 1 is 0.500 bits per heavy atom. The lowest BCUT2D eigenvalue weighted by molar-refractivity contribution is 0.285. The second kappa shape index (κ2) is 8.59. The van der Waals surface area contributed by atoms with Crippen molar-refractivity contribution in [1.82, 2.24) is 0 Å². The molecule has 4 nitrogen and oxygen atoms in total. The summed E-state index contributed by atoms with van der Waals surface area (Å²) in [6.45, 7) is 0. The van der Waals surface area contributed by atoms with Crippen molar-refractivity contribution in [1.29, 1.82) is 15.8 Å². The van der Waals surface area contributed by atoms with E-state index >= 15 is 0 Å². The van der Waals surface area contributed by atoms with E-state index in [0.29, 0.717) is 0 Å². The van der Waals surface area contributed by atoms with Crippen LogP contribution in [0.2, 0.25) is 0 Å². The van der Waals surface area contributed by atoms with Gasteiger partial charge in [0.25, 0.3) is 0 Å². The van der Waals surface area contributed by atoms with Gasteiger partial charge < -0.3 is 5.73 Å². The summed E-state index contributed by atoms with van der Waals surface area (Å²) in [7, 11) is 0. The SMILES string of the molecule is N#CC1=C(N)C(C#N)(C#N)C(c2ccccc2)(c2ccccc2)C1(c1ccccc1)c1ccccc1. The lowest BCUT2D eigenvalue weighted by Gasteiger charge is -2.51. The molecule has 4 aromatic carbocycles. The zero-order valence-electron chi connectivity index (χ0n) is 19.5. The van der Waals surface area contributed by atoms with Crippen molar-refractivity contribution in [3.8, 4) is 18.2 Å². The van der Waals surface area contributed by atoms with Crippen LogP contribution in [0.3, 0.4) is 0 Å². The van der Waals surface area contributed by atoms with E-state index in [2.05, 4.69) is 18.2 Å². The lowest BCUT2D eigenvalue weighted by atomic mass is 9.45. The van der Waals surface area contributed by atoms with Gasteiger partial charge >= 0.3 is 0 Å². The second-order valence-corrected chi connectivity index (χ2v) is 8.84. The van der Waals surface area contributed by atoms with Crippen molar-refractivity contribution < 1.29 is 0 Å². The summed E-state index contributed by atoms with van der Waals surface area (Å²) < 4.78 is 0. The van der Waals surface area contributed by atoms with Crippen LogP contribution in [0.15, 0.2) is 133 Å². The molecular formula is C32H22N4. The molecule has 0 amide bonds. The molecule has 4 aromatic rings. The Labute approximate surface area is 210 Å². The predicted molar refractivity (Wildman–Crippen MR) is 138 cm³/mol. The molecule has 1 aliphatic carbocycles. The van der Waals surface area contributed by atoms with Gasteiger partial charge in [-0.1, -0.05) is 121 Å². The highest BCUT2D eigenvalue weighted by atomic mass is 14.8. The first-order valence-corrected chi connectivity index (χ1v) is 11.6. The molecule has 0 aliphatic heterocycles. The molecule has 0 spiro atoms. The maximum absolute atomic E-state index is 10.9. The molecule has 5 rings (SSSR count). The highest BCUT2D eigenvalue weighted by molar-refractivity contribution is 5.75. The fourth-order valence-electron chi connectivity index (χ4n) is 6.19. The van der Waals surface area contributed by atoms with E-state index in [-0.39, 0.29) is 11.3 Å². The fraction of sp³-hybridized carbons (Fsp3) is 0.0938. The Morgan fingerprint density at radius 3 is 1.14 bits per heavy atom. The minimum absolute atomic E-state index is 0.0181. The molecule has 0 radical (unpaired) electrons. The molecule has 1 aliphatic rings. The van der Waals surface area contributed by atoms with Gasteiger partial charge in [0.15, 0.2) is 5.41 Å². The van der Waals surface area contributed by atoms with Crippen LogP contribution in [0.5, 0.6) is 0 Å². The predicted octanol–water partition coefficient (Wildman–Crippen LogP) is 5.74. The van der Waals surface area contributed by atoms with Crippen molar-refractivity contribution in [2.45, 2.75) is 10.8 Å². The molecule has 0 saturated heterocycles.